The molecule has 0 aliphatic carbocycles. The molecule has 2 aromatic rings. The van der Waals surface area contributed by atoms with Gasteiger partial charge in [-0.05, 0) is 69.9 Å². The molecule has 39 heavy (non-hydrogen) atoms. The van der Waals surface area contributed by atoms with Crippen molar-refractivity contribution >= 4 is 49.2 Å². The molecule has 3 amide bonds. The Morgan fingerprint density at radius 1 is 1.23 bits per heavy atom. The molecule has 210 valence electrons. The van der Waals surface area contributed by atoms with Crippen LogP contribution in [-0.4, -0.2) is 72.0 Å². The van der Waals surface area contributed by atoms with Crippen LogP contribution in [0.3, 0.4) is 0 Å². The number of rotatable bonds is 12. The molecule has 2 unspecified atom stereocenters. The number of anilines is 1. The topological polar surface area (TPSA) is 129 Å². The van der Waals surface area contributed by atoms with E-state index in [9.17, 15) is 23.6 Å². The van der Waals surface area contributed by atoms with Gasteiger partial charge in [0.05, 0.1) is 22.9 Å². The number of nitrogens with two attached hydrogens (primary N) is 1. The number of carbonyl (C=O) groups excluding carboxylic acids is 4. The molecule has 1 aromatic carbocycles. The Labute approximate surface area is 230 Å². The molecule has 1 aliphatic rings. The maximum atomic E-state index is 14.2. The number of imide groups is 1. The van der Waals surface area contributed by atoms with Gasteiger partial charge < -0.3 is 20.9 Å². The first kappa shape index (κ1) is 30.3. The van der Waals surface area contributed by atoms with E-state index in [0.29, 0.717) is 29.1 Å². The monoisotopic (exact) mass is 557 g/mol. The summed E-state index contributed by atoms with van der Waals surface area (Å²) in [6.45, 7) is 12.4. The minimum atomic E-state index is -1.06. The molecule has 4 N–H and O–H groups in total. The molecule has 3 rings (SSSR count). The summed E-state index contributed by atoms with van der Waals surface area (Å²) in [5.41, 5.74) is 8.89. The van der Waals surface area contributed by atoms with Crippen molar-refractivity contribution in [2.45, 2.75) is 46.6 Å². The maximum absolute atomic E-state index is 14.2. The fraction of sp³-hybridized carbons (Fsp3) is 0.429. The van der Waals surface area contributed by atoms with Crippen LogP contribution in [0.5, 0.6) is 0 Å². The average Bonchev–Trinajstić information content (AvgIpc) is 3.35. The van der Waals surface area contributed by atoms with Crippen molar-refractivity contribution in [1.29, 1.82) is 0 Å². The van der Waals surface area contributed by atoms with Gasteiger partial charge in [0.2, 0.25) is 0 Å². The van der Waals surface area contributed by atoms with Gasteiger partial charge in [-0.3, -0.25) is 19.2 Å². The van der Waals surface area contributed by atoms with E-state index in [2.05, 4.69) is 29.0 Å². The zero-order chi connectivity index (χ0) is 28.9. The Bertz CT molecular complexity index is 1300. The number of likely N-dealkylation sites (N-methyl/N-ethyl adjacent to an activating group) is 1. The van der Waals surface area contributed by atoms with Crippen LogP contribution in [0.4, 0.5) is 10.1 Å². The van der Waals surface area contributed by atoms with Gasteiger partial charge in [-0.25, -0.2) is 9.29 Å². The van der Waals surface area contributed by atoms with Gasteiger partial charge in [0.15, 0.2) is 5.52 Å². The summed E-state index contributed by atoms with van der Waals surface area (Å²) in [7, 11) is 0.100. The van der Waals surface area contributed by atoms with Crippen LogP contribution in [0, 0.1) is 19.7 Å². The first-order valence-electron chi connectivity index (χ1n) is 13.1. The first-order valence-corrected chi connectivity index (χ1v) is 14.6. The molecule has 1 aliphatic heterocycles. The van der Waals surface area contributed by atoms with E-state index >= 15 is 0 Å². The van der Waals surface area contributed by atoms with Crippen molar-refractivity contribution in [3.8, 4) is 0 Å². The van der Waals surface area contributed by atoms with Gasteiger partial charge in [0, 0.05) is 36.5 Å². The summed E-state index contributed by atoms with van der Waals surface area (Å²) in [4.78, 5) is 57.7. The third kappa shape index (κ3) is 6.69. The number of fused-ring (bicyclic) bond motifs is 1. The quantitative estimate of drug-likeness (QED) is 0.272. The number of H-pyrrole nitrogens is 1. The van der Waals surface area contributed by atoms with E-state index < -0.39 is 23.7 Å². The number of halogens is 1. The van der Waals surface area contributed by atoms with Crippen LogP contribution in [0.1, 0.15) is 59.6 Å². The largest absolute Gasteiger partial charge is 0.358 e. The highest BCUT2D eigenvalue weighted by Crippen LogP contribution is 2.39. The minimum absolute atomic E-state index is 0.000427. The average molecular weight is 558 g/mol. The van der Waals surface area contributed by atoms with Crippen LogP contribution in [0.25, 0.3) is 11.6 Å². The number of aromatic amines is 1. The number of amides is 3. The second-order valence-electron chi connectivity index (χ2n) is 9.46. The Hall–Kier alpha value is -3.20. The van der Waals surface area contributed by atoms with E-state index in [0.717, 1.165) is 24.5 Å². The lowest BCUT2D eigenvalue weighted by molar-refractivity contribution is -0.124. The van der Waals surface area contributed by atoms with Gasteiger partial charge in [0.1, 0.15) is 5.82 Å². The molecule has 0 saturated carbocycles. The predicted octanol–water partition coefficient (Wildman–Crippen LogP) is 3.20. The molecule has 0 bridgehead atoms. The fourth-order valence-corrected chi connectivity index (χ4v) is 5.08. The third-order valence-corrected chi connectivity index (χ3v) is 7.83. The lowest BCUT2D eigenvalue weighted by atomic mass is 10.0. The summed E-state index contributed by atoms with van der Waals surface area (Å²) < 4.78 is 14.2. The number of hydrogen-bond acceptors (Lipinski definition) is 6. The van der Waals surface area contributed by atoms with Crippen molar-refractivity contribution in [2.24, 2.45) is 5.73 Å². The highest BCUT2D eigenvalue weighted by Gasteiger charge is 2.39. The lowest BCUT2D eigenvalue weighted by Gasteiger charge is -2.19. The van der Waals surface area contributed by atoms with Crippen molar-refractivity contribution < 1.29 is 23.6 Å². The summed E-state index contributed by atoms with van der Waals surface area (Å²) in [5.74, 6) is -2.09. The van der Waals surface area contributed by atoms with Crippen LogP contribution < -0.4 is 16.0 Å². The summed E-state index contributed by atoms with van der Waals surface area (Å²) in [6.07, 6.45) is 1.79. The Morgan fingerprint density at radius 3 is 2.56 bits per heavy atom. The molecule has 1 aromatic heterocycles. The van der Waals surface area contributed by atoms with Crippen molar-refractivity contribution in [3.05, 3.63) is 52.1 Å². The number of nitrogens with one attached hydrogen (secondary N) is 2. The van der Waals surface area contributed by atoms with Crippen LogP contribution in [0.15, 0.2) is 18.2 Å². The lowest BCUT2D eigenvalue weighted by Crippen LogP contribution is -2.45. The zero-order valence-corrected chi connectivity index (χ0v) is 24.1. The molecule has 0 spiro atoms. The summed E-state index contributed by atoms with van der Waals surface area (Å²) in [6, 6.07) is 2.68. The van der Waals surface area contributed by atoms with Crippen LogP contribution >= 0.6 is 8.58 Å². The van der Waals surface area contributed by atoms with E-state index in [1.165, 1.54) is 24.3 Å². The van der Waals surface area contributed by atoms with Gasteiger partial charge >= 0.3 is 0 Å². The molecule has 9 nitrogen and oxygen atoms in total. The molecule has 2 atom stereocenters. The highest BCUT2D eigenvalue weighted by molar-refractivity contribution is 7.57. The predicted molar refractivity (Wildman–Crippen MR) is 154 cm³/mol. The number of benzene rings is 1. The van der Waals surface area contributed by atoms with Gasteiger partial charge in [-0.1, -0.05) is 22.4 Å². The maximum Gasteiger partial charge on any atom is 0.265 e. The van der Waals surface area contributed by atoms with Crippen LogP contribution in [-0.2, 0) is 14.4 Å². The number of carbonyl (C=O) groups is 4. The van der Waals surface area contributed by atoms with Crippen LogP contribution in [0.2, 0.25) is 0 Å². The van der Waals surface area contributed by atoms with E-state index in [1.807, 2.05) is 0 Å². The molecule has 0 saturated heterocycles. The SMILES string of the molecule is CCN(CC)CCNC(=O)c1c(C)[nH]c(/C=C2\C(=O)N(C(=O)C(N)CCC(=O)PC)c3ccc(F)cc32)c1C. The third-order valence-electron chi connectivity index (χ3n) is 7.02. The minimum Gasteiger partial charge on any atom is -0.358 e. The van der Waals surface area contributed by atoms with Crippen molar-refractivity contribution in [2.75, 3.05) is 37.7 Å². The summed E-state index contributed by atoms with van der Waals surface area (Å²) in [5, 5.41) is 2.95. The standard InChI is InChI=1S/C28H37FN5O4P/c1-6-33(7-2)13-12-31-26(36)25-16(3)22(32-17(25)4)15-20-19-14-18(29)8-10-23(19)34(27(20)37)28(38)21(30)9-11-24(35)39-5/h8,10,14-15,21,32,39H,6-7,9,11-13,30H2,1-5H3,(H,31,36)/b20-15-. The second-order valence-corrected chi connectivity index (χ2v) is 10.5. The molecule has 0 radical (unpaired) electrons. The number of nitrogens with zero attached hydrogens (tertiary/aromatic N) is 2. The van der Waals surface area contributed by atoms with Gasteiger partial charge in [-0.15, -0.1) is 0 Å². The van der Waals surface area contributed by atoms with E-state index in [1.54, 1.807) is 20.5 Å². The highest BCUT2D eigenvalue weighted by atomic mass is 31.1. The summed E-state index contributed by atoms with van der Waals surface area (Å²) >= 11 is 0. The number of aromatic nitrogens is 1. The van der Waals surface area contributed by atoms with Gasteiger partial charge in [-0.2, -0.15) is 0 Å². The molecule has 0 fully saturated rings. The number of aryl methyl sites for hydroxylation is 1. The van der Waals surface area contributed by atoms with Crippen molar-refractivity contribution in [3.63, 3.8) is 0 Å². The smallest absolute Gasteiger partial charge is 0.265 e. The first-order chi connectivity index (χ1) is 18.5. The molecular weight excluding hydrogens is 520 g/mol. The number of hydrogen-bond donors (Lipinski definition) is 3. The fourth-order valence-electron chi connectivity index (χ4n) is 4.68. The van der Waals surface area contributed by atoms with E-state index in [4.69, 9.17) is 5.73 Å². The van der Waals surface area contributed by atoms with Crippen molar-refractivity contribution in [1.82, 2.24) is 15.2 Å². The molecular formula is C28H37FN5O4P. The van der Waals surface area contributed by atoms with Gasteiger partial charge in [0.25, 0.3) is 17.7 Å². The molecule has 2 heterocycles. The second kappa shape index (κ2) is 13.2. The Balaban J connectivity index is 1.91. The van der Waals surface area contributed by atoms with E-state index in [-0.39, 0.29) is 49.7 Å². The molecule has 11 heteroatoms. The normalized spacial score (nSPS) is 15.0. The Kier molecular flexibility index (Phi) is 10.3. The zero-order valence-electron chi connectivity index (χ0n) is 23.1. The Morgan fingerprint density at radius 2 is 1.92 bits per heavy atom.